The summed E-state index contributed by atoms with van der Waals surface area (Å²) in [5.74, 6) is 1.22. The summed E-state index contributed by atoms with van der Waals surface area (Å²) in [6.45, 7) is 8.61. The van der Waals surface area contributed by atoms with Gasteiger partial charge < -0.3 is 10.5 Å². The number of benzene rings is 1. The van der Waals surface area contributed by atoms with Gasteiger partial charge in [0.2, 0.25) is 5.88 Å². The maximum absolute atomic E-state index is 5.86. The van der Waals surface area contributed by atoms with Crippen molar-refractivity contribution in [2.45, 2.75) is 34.1 Å². The van der Waals surface area contributed by atoms with E-state index in [0.29, 0.717) is 11.6 Å². The molecule has 1 aromatic heterocycles. The third-order valence-corrected chi connectivity index (χ3v) is 2.90. The van der Waals surface area contributed by atoms with E-state index in [1.54, 1.807) is 0 Å². The number of nitrogen functional groups attached to an aromatic ring is 1. The summed E-state index contributed by atoms with van der Waals surface area (Å²) in [5.41, 5.74) is 8.88. The molecule has 0 aliphatic carbocycles. The summed E-state index contributed by atoms with van der Waals surface area (Å²) in [5, 5.41) is 0. The smallest absolute Gasteiger partial charge is 0.242 e. The van der Waals surface area contributed by atoms with E-state index in [9.17, 15) is 0 Å². The molecule has 2 rings (SSSR count). The SMILES string of the molecule is Cc1ccc(N)c(Oc2ccc(CC(C)(C)C)cc2)n1. The van der Waals surface area contributed by atoms with Crippen molar-refractivity contribution in [3.05, 3.63) is 47.7 Å². The molecule has 3 heteroatoms. The fourth-order valence-electron chi connectivity index (χ4n) is 2.02. The fraction of sp³-hybridized carbons (Fsp3) is 0.353. The van der Waals surface area contributed by atoms with E-state index >= 15 is 0 Å². The number of ether oxygens (including phenoxy) is 1. The van der Waals surface area contributed by atoms with E-state index in [1.165, 1.54) is 5.56 Å². The highest BCUT2D eigenvalue weighted by Gasteiger charge is 2.11. The van der Waals surface area contributed by atoms with Crippen molar-refractivity contribution in [1.29, 1.82) is 0 Å². The van der Waals surface area contributed by atoms with Crippen molar-refractivity contribution in [2.24, 2.45) is 5.41 Å². The Kier molecular flexibility index (Phi) is 3.98. The monoisotopic (exact) mass is 270 g/mol. The van der Waals surface area contributed by atoms with Crippen LogP contribution < -0.4 is 10.5 Å². The maximum atomic E-state index is 5.86. The number of nitrogens with two attached hydrogens (primary N) is 1. The van der Waals surface area contributed by atoms with Crippen molar-refractivity contribution in [3.8, 4) is 11.6 Å². The molecule has 0 saturated heterocycles. The van der Waals surface area contributed by atoms with Crippen LogP contribution in [0.1, 0.15) is 32.0 Å². The van der Waals surface area contributed by atoms with Gasteiger partial charge in [-0.15, -0.1) is 0 Å². The summed E-state index contributed by atoms with van der Waals surface area (Å²) >= 11 is 0. The highest BCUT2D eigenvalue weighted by Crippen LogP contribution is 2.27. The van der Waals surface area contributed by atoms with Gasteiger partial charge in [0, 0.05) is 5.69 Å². The van der Waals surface area contributed by atoms with Crippen LogP contribution in [0.4, 0.5) is 5.69 Å². The zero-order valence-electron chi connectivity index (χ0n) is 12.6. The first kappa shape index (κ1) is 14.4. The van der Waals surface area contributed by atoms with E-state index in [1.807, 2.05) is 31.2 Å². The molecule has 0 atom stereocenters. The van der Waals surface area contributed by atoms with Crippen LogP contribution in [0.25, 0.3) is 0 Å². The molecule has 3 nitrogen and oxygen atoms in total. The van der Waals surface area contributed by atoms with Gasteiger partial charge in [-0.25, -0.2) is 4.98 Å². The fourth-order valence-corrected chi connectivity index (χ4v) is 2.02. The third-order valence-electron chi connectivity index (χ3n) is 2.90. The number of aromatic nitrogens is 1. The molecule has 0 aliphatic rings. The molecule has 20 heavy (non-hydrogen) atoms. The van der Waals surface area contributed by atoms with Gasteiger partial charge in [0.25, 0.3) is 0 Å². The molecule has 0 unspecified atom stereocenters. The molecule has 0 bridgehead atoms. The predicted molar refractivity (Wildman–Crippen MR) is 83.1 cm³/mol. The summed E-state index contributed by atoms with van der Waals surface area (Å²) in [7, 11) is 0. The zero-order chi connectivity index (χ0) is 14.8. The average Bonchev–Trinajstić information content (AvgIpc) is 2.34. The van der Waals surface area contributed by atoms with Crippen LogP contribution in [-0.2, 0) is 6.42 Å². The van der Waals surface area contributed by atoms with Gasteiger partial charge in [-0.3, -0.25) is 0 Å². The lowest BCUT2D eigenvalue weighted by Gasteiger charge is -2.18. The molecule has 0 radical (unpaired) electrons. The topological polar surface area (TPSA) is 48.1 Å². The minimum absolute atomic E-state index is 0.283. The number of anilines is 1. The number of rotatable bonds is 3. The lowest BCUT2D eigenvalue weighted by Crippen LogP contribution is -2.08. The normalized spacial score (nSPS) is 11.4. The largest absolute Gasteiger partial charge is 0.437 e. The van der Waals surface area contributed by atoms with Crippen LogP contribution in [0, 0.1) is 12.3 Å². The molecule has 0 aliphatic heterocycles. The molecule has 0 spiro atoms. The highest BCUT2D eigenvalue weighted by molar-refractivity contribution is 5.50. The Hall–Kier alpha value is -2.03. The number of pyridine rings is 1. The average molecular weight is 270 g/mol. The van der Waals surface area contributed by atoms with Crippen LogP contribution in [0.5, 0.6) is 11.6 Å². The van der Waals surface area contributed by atoms with Gasteiger partial charge >= 0.3 is 0 Å². The van der Waals surface area contributed by atoms with Gasteiger partial charge in [0.1, 0.15) is 5.75 Å². The van der Waals surface area contributed by atoms with Crippen molar-refractivity contribution in [3.63, 3.8) is 0 Å². The van der Waals surface area contributed by atoms with Crippen LogP contribution in [0.15, 0.2) is 36.4 Å². The molecular weight excluding hydrogens is 248 g/mol. The minimum atomic E-state index is 0.283. The van der Waals surface area contributed by atoms with Gasteiger partial charge in [-0.05, 0) is 48.6 Å². The van der Waals surface area contributed by atoms with E-state index in [4.69, 9.17) is 10.5 Å². The van der Waals surface area contributed by atoms with Crippen LogP contribution in [0.2, 0.25) is 0 Å². The lowest BCUT2D eigenvalue weighted by atomic mass is 9.88. The minimum Gasteiger partial charge on any atom is -0.437 e. The second kappa shape index (κ2) is 5.53. The van der Waals surface area contributed by atoms with E-state index in [0.717, 1.165) is 17.9 Å². The highest BCUT2D eigenvalue weighted by atomic mass is 16.5. The number of aryl methyl sites for hydroxylation is 1. The van der Waals surface area contributed by atoms with Crippen LogP contribution in [0.3, 0.4) is 0 Å². The maximum Gasteiger partial charge on any atom is 0.242 e. The van der Waals surface area contributed by atoms with Gasteiger partial charge in [-0.1, -0.05) is 32.9 Å². The Morgan fingerprint density at radius 1 is 1.05 bits per heavy atom. The summed E-state index contributed by atoms with van der Waals surface area (Å²) in [6, 6.07) is 11.8. The molecule has 106 valence electrons. The molecule has 0 fully saturated rings. The Morgan fingerprint density at radius 2 is 1.70 bits per heavy atom. The molecule has 0 saturated carbocycles. The van der Waals surface area contributed by atoms with Crippen molar-refractivity contribution in [2.75, 3.05) is 5.73 Å². The second-order valence-corrected chi connectivity index (χ2v) is 6.33. The molecule has 1 heterocycles. The second-order valence-electron chi connectivity index (χ2n) is 6.33. The van der Waals surface area contributed by atoms with Gasteiger partial charge in [0.15, 0.2) is 0 Å². The molecular formula is C17H22N2O. The third kappa shape index (κ3) is 3.98. The predicted octanol–water partition coefficient (Wildman–Crippen LogP) is 4.35. The first-order valence-electron chi connectivity index (χ1n) is 6.83. The zero-order valence-corrected chi connectivity index (χ0v) is 12.6. The summed E-state index contributed by atoms with van der Waals surface area (Å²) < 4.78 is 5.74. The quantitative estimate of drug-likeness (QED) is 0.901. The molecule has 2 N–H and O–H groups in total. The summed E-state index contributed by atoms with van der Waals surface area (Å²) in [6.07, 6.45) is 1.04. The van der Waals surface area contributed by atoms with Gasteiger partial charge in [0.05, 0.1) is 5.69 Å². The Labute approximate surface area is 120 Å². The Morgan fingerprint density at radius 3 is 2.30 bits per heavy atom. The lowest BCUT2D eigenvalue weighted by molar-refractivity contribution is 0.410. The Bertz CT molecular complexity index is 583. The van der Waals surface area contributed by atoms with Crippen molar-refractivity contribution >= 4 is 5.69 Å². The van der Waals surface area contributed by atoms with Crippen LogP contribution >= 0.6 is 0 Å². The first-order chi connectivity index (χ1) is 9.33. The van der Waals surface area contributed by atoms with Crippen molar-refractivity contribution in [1.82, 2.24) is 4.98 Å². The van der Waals surface area contributed by atoms with Crippen LogP contribution in [-0.4, -0.2) is 4.98 Å². The first-order valence-corrected chi connectivity index (χ1v) is 6.83. The van der Waals surface area contributed by atoms with E-state index in [2.05, 4.69) is 37.9 Å². The van der Waals surface area contributed by atoms with Gasteiger partial charge in [-0.2, -0.15) is 0 Å². The number of nitrogens with zero attached hydrogens (tertiary/aromatic N) is 1. The summed E-state index contributed by atoms with van der Waals surface area (Å²) in [4.78, 5) is 4.30. The number of hydrogen-bond donors (Lipinski definition) is 1. The molecule has 1 aromatic carbocycles. The van der Waals surface area contributed by atoms with E-state index in [-0.39, 0.29) is 5.41 Å². The molecule has 2 aromatic rings. The van der Waals surface area contributed by atoms with E-state index < -0.39 is 0 Å². The van der Waals surface area contributed by atoms with Crippen molar-refractivity contribution < 1.29 is 4.74 Å². The standard InChI is InChI=1S/C17H22N2O/c1-12-5-10-15(18)16(19-12)20-14-8-6-13(7-9-14)11-17(2,3)4/h5-10H,11,18H2,1-4H3. The number of hydrogen-bond acceptors (Lipinski definition) is 3. The Balaban J connectivity index is 2.13. The molecule has 0 amide bonds.